The fourth-order valence-electron chi connectivity index (χ4n) is 2.13. The third-order valence-corrected chi connectivity index (χ3v) is 3.41. The molecule has 6 heteroatoms. The number of nitrogens with two attached hydrogens (primary N) is 1. The minimum atomic E-state index is -4.26. The molecule has 1 aliphatic carbocycles. The van der Waals surface area contributed by atoms with E-state index in [2.05, 4.69) is 0 Å². The molecule has 0 spiro atoms. The van der Waals surface area contributed by atoms with E-state index in [1.54, 1.807) is 0 Å². The fraction of sp³-hybridized carbons (Fsp3) is 1.00. The highest BCUT2D eigenvalue weighted by Crippen LogP contribution is 2.34. The average molecular weight is 268 g/mol. The maximum absolute atomic E-state index is 12.6. The Morgan fingerprint density at radius 1 is 1.28 bits per heavy atom. The molecule has 1 fully saturated rings. The molecule has 0 aromatic heterocycles. The van der Waals surface area contributed by atoms with Crippen molar-refractivity contribution in [3.05, 3.63) is 0 Å². The molecule has 0 heterocycles. The third-order valence-electron chi connectivity index (χ3n) is 3.41. The van der Waals surface area contributed by atoms with Gasteiger partial charge in [0.2, 0.25) is 0 Å². The first-order chi connectivity index (χ1) is 8.06. The molecule has 18 heavy (non-hydrogen) atoms. The maximum Gasteiger partial charge on any atom is 0.401 e. The predicted octanol–water partition coefficient (Wildman–Crippen LogP) is 1.75. The van der Waals surface area contributed by atoms with Crippen LogP contribution in [0.1, 0.15) is 33.6 Å². The smallest absolute Gasteiger partial charge is 0.395 e. The normalized spacial score (nSPS) is 21.2. The van der Waals surface area contributed by atoms with E-state index < -0.39 is 24.8 Å². The van der Waals surface area contributed by atoms with Crippen molar-refractivity contribution in [2.24, 2.45) is 11.1 Å². The van der Waals surface area contributed by atoms with E-state index in [0.717, 1.165) is 12.8 Å². The Bertz CT molecular complexity index is 271. The van der Waals surface area contributed by atoms with Gasteiger partial charge < -0.3 is 10.8 Å². The SMILES string of the molecule is CC(C)(C)C(N)C(CO)N(CC(F)(F)F)C1CC1. The van der Waals surface area contributed by atoms with Crippen LogP contribution in [-0.4, -0.2) is 47.5 Å². The van der Waals surface area contributed by atoms with Crippen molar-refractivity contribution in [3.8, 4) is 0 Å². The van der Waals surface area contributed by atoms with Gasteiger partial charge in [0.15, 0.2) is 0 Å². The van der Waals surface area contributed by atoms with Crippen molar-refractivity contribution < 1.29 is 18.3 Å². The summed E-state index contributed by atoms with van der Waals surface area (Å²) in [7, 11) is 0. The Kier molecular flexibility index (Phi) is 4.67. The Morgan fingerprint density at radius 3 is 2.06 bits per heavy atom. The van der Waals surface area contributed by atoms with Gasteiger partial charge in [0, 0.05) is 18.1 Å². The van der Waals surface area contributed by atoms with Crippen LogP contribution in [0.25, 0.3) is 0 Å². The van der Waals surface area contributed by atoms with Gasteiger partial charge in [0.25, 0.3) is 0 Å². The van der Waals surface area contributed by atoms with Crippen LogP contribution in [0.3, 0.4) is 0 Å². The minimum absolute atomic E-state index is 0.0859. The highest BCUT2D eigenvalue weighted by Gasteiger charge is 2.44. The monoisotopic (exact) mass is 268 g/mol. The van der Waals surface area contributed by atoms with E-state index in [1.165, 1.54) is 4.90 Å². The second-order valence-corrected chi connectivity index (χ2v) is 6.16. The van der Waals surface area contributed by atoms with Crippen LogP contribution in [0.15, 0.2) is 0 Å². The van der Waals surface area contributed by atoms with Crippen LogP contribution in [0.4, 0.5) is 13.2 Å². The van der Waals surface area contributed by atoms with Gasteiger partial charge >= 0.3 is 6.18 Å². The molecule has 0 amide bonds. The minimum Gasteiger partial charge on any atom is -0.395 e. The zero-order valence-electron chi connectivity index (χ0n) is 11.2. The summed E-state index contributed by atoms with van der Waals surface area (Å²) in [6, 6.07) is -1.22. The molecule has 0 saturated heterocycles. The van der Waals surface area contributed by atoms with Gasteiger partial charge in [0.1, 0.15) is 0 Å². The van der Waals surface area contributed by atoms with E-state index in [0.29, 0.717) is 0 Å². The van der Waals surface area contributed by atoms with Gasteiger partial charge in [-0.2, -0.15) is 13.2 Å². The Hall–Kier alpha value is -0.330. The number of aliphatic hydroxyl groups is 1. The number of aliphatic hydroxyl groups excluding tert-OH is 1. The Balaban J connectivity index is 2.81. The summed E-state index contributed by atoms with van der Waals surface area (Å²) in [5, 5.41) is 9.41. The zero-order valence-corrected chi connectivity index (χ0v) is 11.2. The third kappa shape index (κ3) is 4.40. The van der Waals surface area contributed by atoms with Crippen molar-refractivity contribution in [1.29, 1.82) is 0 Å². The molecule has 2 unspecified atom stereocenters. The lowest BCUT2D eigenvalue weighted by Gasteiger charge is -2.40. The van der Waals surface area contributed by atoms with E-state index in [9.17, 15) is 18.3 Å². The Morgan fingerprint density at radius 2 is 1.78 bits per heavy atom. The molecule has 1 rings (SSSR count). The number of rotatable bonds is 5. The maximum atomic E-state index is 12.6. The number of hydrogen-bond donors (Lipinski definition) is 2. The molecule has 0 aliphatic heterocycles. The first kappa shape index (κ1) is 15.7. The van der Waals surface area contributed by atoms with Gasteiger partial charge in [-0.25, -0.2) is 0 Å². The predicted molar refractivity (Wildman–Crippen MR) is 64.1 cm³/mol. The van der Waals surface area contributed by atoms with Crippen LogP contribution in [0.5, 0.6) is 0 Å². The van der Waals surface area contributed by atoms with E-state index in [1.807, 2.05) is 20.8 Å². The van der Waals surface area contributed by atoms with E-state index in [-0.39, 0.29) is 18.1 Å². The molecule has 3 nitrogen and oxygen atoms in total. The second-order valence-electron chi connectivity index (χ2n) is 6.16. The van der Waals surface area contributed by atoms with Crippen molar-refractivity contribution in [3.63, 3.8) is 0 Å². The highest BCUT2D eigenvalue weighted by atomic mass is 19.4. The molecule has 0 aromatic rings. The largest absolute Gasteiger partial charge is 0.401 e. The van der Waals surface area contributed by atoms with Crippen LogP contribution < -0.4 is 5.73 Å². The molecule has 1 saturated carbocycles. The van der Waals surface area contributed by atoms with Gasteiger partial charge in [0.05, 0.1) is 13.2 Å². The molecular formula is C12H23F3N2O. The van der Waals surface area contributed by atoms with Gasteiger partial charge in [-0.15, -0.1) is 0 Å². The lowest BCUT2D eigenvalue weighted by molar-refractivity contribution is -0.156. The quantitative estimate of drug-likeness (QED) is 0.798. The number of hydrogen-bond acceptors (Lipinski definition) is 3. The van der Waals surface area contributed by atoms with Crippen LogP contribution in [-0.2, 0) is 0 Å². The summed E-state index contributed by atoms with van der Waals surface area (Å²) >= 11 is 0. The molecule has 0 radical (unpaired) electrons. The van der Waals surface area contributed by atoms with Gasteiger partial charge in [-0.05, 0) is 18.3 Å². The summed E-state index contributed by atoms with van der Waals surface area (Å²) in [6.07, 6.45) is -2.75. The molecular weight excluding hydrogens is 245 g/mol. The van der Waals surface area contributed by atoms with E-state index in [4.69, 9.17) is 5.73 Å². The Labute approximate surface area is 106 Å². The second kappa shape index (κ2) is 5.35. The van der Waals surface area contributed by atoms with Crippen molar-refractivity contribution in [1.82, 2.24) is 4.90 Å². The summed E-state index contributed by atoms with van der Waals surface area (Å²) in [5.41, 5.74) is 5.68. The molecule has 0 bridgehead atoms. The number of halogens is 3. The lowest BCUT2D eigenvalue weighted by atomic mass is 9.82. The molecule has 108 valence electrons. The van der Waals surface area contributed by atoms with Gasteiger partial charge in [-0.3, -0.25) is 4.90 Å². The first-order valence-electron chi connectivity index (χ1n) is 6.25. The molecule has 1 aliphatic rings. The molecule has 2 atom stereocenters. The highest BCUT2D eigenvalue weighted by molar-refractivity contribution is 4.96. The summed E-state index contributed by atoms with van der Waals surface area (Å²) in [4.78, 5) is 1.33. The topological polar surface area (TPSA) is 49.5 Å². The number of alkyl halides is 3. The van der Waals surface area contributed by atoms with Crippen LogP contribution in [0, 0.1) is 5.41 Å². The number of nitrogens with zero attached hydrogens (tertiary/aromatic N) is 1. The van der Waals surface area contributed by atoms with E-state index >= 15 is 0 Å². The zero-order chi connectivity index (χ0) is 14.1. The van der Waals surface area contributed by atoms with Crippen LogP contribution >= 0.6 is 0 Å². The van der Waals surface area contributed by atoms with Crippen molar-refractivity contribution >= 4 is 0 Å². The van der Waals surface area contributed by atoms with Gasteiger partial charge in [-0.1, -0.05) is 20.8 Å². The summed E-state index contributed by atoms with van der Waals surface area (Å²) in [5.74, 6) is 0. The molecule has 3 N–H and O–H groups in total. The van der Waals surface area contributed by atoms with Crippen molar-refractivity contribution in [2.75, 3.05) is 13.2 Å². The standard InChI is InChI=1S/C12H23F3N2O/c1-11(2,3)10(16)9(6-18)17(8-4-5-8)7-12(13,14)15/h8-10,18H,4-7,16H2,1-3H3. The summed E-state index contributed by atoms with van der Waals surface area (Å²) in [6.45, 7) is 4.29. The summed E-state index contributed by atoms with van der Waals surface area (Å²) < 4.78 is 37.8. The van der Waals surface area contributed by atoms with Crippen molar-refractivity contribution in [2.45, 2.75) is 57.9 Å². The fourth-order valence-corrected chi connectivity index (χ4v) is 2.13. The molecule has 0 aromatic carbocycles. The average Bonchev–Trinajstić information content (AvgIpc) is 2.96. The van der Waals surface area contributed by atoms with Crippen LogP contribution in [0.2, 0.25) is 0 Å². The first-order valence-corrected chi connectivity index (χ1v) is 6.25. The lowest BCUT2D eigenvalue weighted by Crippen LogP contribution is -2.58.